The molecule has 0 amide bonds. The second kappa shape index (κ2) is 6.30. The molecule has 0 atom stereocenters. The van der Waals surface area contributed by atoms with E-state index in [9.17, 15) is 9.18 Å². The molecule has 130 valence electrons. The van der Waals surface area contributed by atoms with Gasteiger partial charge in [0.2, 0.25) is 0 Å². The minimum absolute atomic E-state index is 0.0418. The largest absolute Gasteiger partial charge is 0.455 e. The number of rotatable bonds is 3. The van der Waals surface area contributed by atoms with Gasteiger partial charge in [-0.3, -0.25) is 4.79 Å². The van der Waals surface area contributed by atoms with Gasteiger partial charge in [-0.15, -0.1) is 0 Å². The van der Waals surface area contributed by atoms with Gasteiger partial charge in [-0.2, -0.15) is 0 Å². The van der Waals surface area contributed by atoms with Crippen LogP contribution in [-0.4, -0.2) is 4.57 Å². The molecule has 0 unspecified atom stereocenters. The number of hydrogen-bond donors (Lipinski definition) is 0. The van der Waals surface area contributed by atoms with Crippen molar-refractivity contribution < 1.29 is 8.81 Å². The molecule has 2 heterocycles. The summed E-state index contributed by atoms with van der Waals surface area (Å²) in [5.74, 6) is 0.375. The van der Waals surface area contributed by atoms with Crippen LogP contribution in [0.15, 0.2) is 76.1 Å². The number of pyridine rings is 1. The lowest BCUT2D eigenvalue weighted by atomic mass is 9.99. The zero-order valence-corrected chi connectivity index (χ0v) is 14.6. The van der Waals surface area contributed by atoms with Crippen molar-refractivity contribution in [3.8, 4) is 22.5 Å². The van der Waals surface area contributed by atoms with Crippen LogP contribution in [0.5, 0.6) is 0 Å². The molecule has 4 aromatic rings. The van der Waals surface area contributed by atoms with E-state index >= 15 is 0 Å². The van der Waals surface area contributed by atoms with E-state index in [2.05, 4.69) is 0 Å². The average Bonchev–Trinajstić information content (AvgIpc) is 3.02. The van der Waals surface area contributed by atoms with Gasteiger partial charge >= 0.3 is 0 Å². The van der Waals surface area contributed by atoms with E-state index in [-0.39, 0.29) is 17.4 Å². The lowest BCUT2D eigenvalue weighted by molar-refractivity contribution is 0.579. The van der Waals surface area contributed by atoms with Crippen molar-refractivity contribution in [3.05, 3.63) is 83.0 Å². The maximum atomic E-state index is 13.3. The average molecular weight is 347 g/mol. The summed E-state index contributed by atoms with van der Waals surface area (Å²) in [4.78, 5) is 12.1. The van der Waals surface area contributed by atoms with Gasteiger partial charge in [0.1, 0.15) is 17.2 Å². The second-order valence-electron chi connectivity index (χ2n) is 6.57. The second-order valence-corrected chi connectivity index (χ2v) is 6.57. The molecule has 3 nitrogen and oxygen atoms in total. The van der Waals surface area contributed by atoms with Crippen LogP contribution in [-0.2, 0) is 0 Å². The summed E-state index contributed by atoms with van der Waals surface area (Å²) < 4.78 is 21.1. The van der Waals surface area contributed by atoms with Gasteiger partial charge in [-0.05, 0) is 50.2 Å². The summed E-state index contributed by atoms with van der Waals surface area (Å²) in [6, 6.07) is 17.4. The van der Waals surface area contributed by atoms with Gasteiger partial charge < -0.3 is 8.98 Å². The zero-order chi connectivity index (χ0) is 18.3. The summed E-state index contributed by atoms with van der Waals surface area (Å²) in [6.45, 7) is 3.94. The van der Waals surface area contributed by atoms with E-state index in [0.29, 0.717) is 5.76 Å². The van der Waals surface area contributed by atoms with Crippen molar-refractivity contribution in [2.75, 3.05) is 0 Å². The maximum Gasteiger partial charge on any atom is 0.250 e. The first-order valence-electron chi connectivity index (χ1n) is 8.54. The first kappa shape index (κ1) is 16.3. The third-order valence-electron chi connectivity index (χ3n) is 4.49. The van der Waals surface area contributed by atoms with Crippen LogP contribution in [0.1, 0.15) is 19.9 Å². The zero-order valence-electron chi connectivity index (χ0n) is 14.6. The van der Waals surface area contributed by atoms with Crippen molar-refractivity contribution in [1.29, 1.82) is 0 Å². The molecule has 2 aromatic heterocycles. The molecule has 4 heteroatoms. The highest BCUT2D eigenvalue weighted by molar-refractivity contribution is 6.01. The Morgan fingerprint density at radius 2 is 1.62 bits per heavy atom. The van der Waals surface area contributed by atoms with Gasteiger partial charge in [0.05, 0.1) is 0 Å². The minimum Gasteiger partial charge on any atom is -0.455 e. The van der Waals surface area contributed by atoms with E-state index in [0.717, 1.165) is 27.7 Å². The van der Waals surface area contributed by atoms with Crippen molar-refractivity contribution in [2.24, 2.45) is 0 Å². The molecule has 0 aliphatic carbocycles. The third-order valence-corrected chi connectivity index (χ3v) is 4.49. The standard InChI is InChI=1S/C22H18FNO2/c1-14(2)24-13-16(9-12-20(24)25)21-18-5-3-4-6-19(18)26-22(21)15-7-10-17(23)11-8-15/h3-14H,1-2H3. The predicted octanol–water partition coefficient (Wildman–Crippen LogP) is 5.65. The first-order valence-corrected chi connectivity index (χ1v) is 8.54. The fourth-order valence-corrected chi connectivity index (χ4v) is 3.19. The molecule has 0 radical (unpaired) electrons. The van der Waals surface area contributed by atoms with Gasteiger partial charge in [-0.1, -0.05) is 18.2 Å². The summed E-state index contributed by atoms with van der Waals surface area (Å²) in [6.07, 6.45) is 1.86. The van der Waals surface area contributed by atoms with Crippen molar-refractivity contribution in [3.63, 3.8) is 0 Å². The molecule has 0 N–H and O–H groups in total. The number of furan rings is 1. The molecule has 26 heavy (non-hydrogen) atoms. The first-order chi connectivity index (χ1) is 12.5. The lowest BCUT2D eigenvalue weighted by Crippen LogP contribution is -2.20. The Morgan fingerprint density at radius 1 is 0.923 bits per heavy atom. The summed E-state index contributed by atoms with van der Waals surface area (Å²) in [7, 11) is 0. The summed E-state index contributed by atoms with van der Waals surface area (Å²) in [5, 5.41) is 0.959. The molecule has 0 bridgehead atoms. The van der Waals surface area contributed by atoms with Crippen LogP contribution < -0.4 is 5.56 Å². The SMILES string of the molecule is CC(C)n1cc(-c2c(-c3ccc(F)cc3)oc3ccccc23)ccc1=O. The van der Waals surface area contributed by atoms with Crippen molar-refractivity contribution >= 4 is 11.0 Å². The Morgan fingerprint density at radius 3 is 2.35 bits per heavy atom. The Balaban J connectivity index is 2.02. The van der Waals surface area contributed by atoms with Gasteiger partial charge in [-0.25, -0.2) is 4.39 Å². The van der Waals surface area contributed by atoms with Crippen LogP contribution in [0.25, 0.3) is 33.4 Å². The van der Waals surface area contributed by atoms with Crippen LogP contribution in [0.2, 0.25) is 0 Å². The number of benzene rings is 2. The molecule has 0 aliphatic heterocycles. The topological polar surface area (TPSA) is 35.1 Å². The van der Waals surface area contributed by atoms with E-state index in [1.807, 2.05) is 50.4 Å². The van der Waals surface area contributed by atoms with Gasteiger partial charge in [0.15, 0.2) is 0 Å². The van der Waals surface area contributed by atoms with Crippen LogP contribution in [0, 0.1) is 5.82 Å². The molecular weight excluding hydrogens is 329 g/mol. The lowest BCUT2D eigenvalue weighted by Gasteiger charge is -2.12. The quantitative estimate of drug-likeness (QED) is 0.480. The fraction of sp³-hybridized carbons (Fsp3) is 0.136. The Labute approximate surface area is 150 Å². The van der Waals surface area contributed by atoms with Crippen LogP contribution >= 0.6 is 0 Å². The smallest absolute Gasteiger partial charge is 0.250 e. The minimum atomic E-state index is -0.292. The van der Waals surface area contributed by atoms with Crippen LogP contribution in [0.3, 0.4) is 0 Å². The van der Waals surface area contributed by atoms with Crippen molar-refractivity contribution in [1.82, 2.24) is 4.57 Å². The highest BCUT2D eigenvalue weighted by atomic mass is 19.1. The number of hydrogen-bond acceptors (Lipinski definition) is 2. The Hall–Kier alpha value is -3.14. The molecule has 0 fully saturated rings. The van der Waals surface area contributed by atoms with E-state index in [1.165, 1.54) is 12.1 Å². The normalized spacial score (nSPS) is 11.4. The number of halogens is 1. The maximum absolute atomic E-state index is 13.3. The third kappa shape index (κ3) is 2.73. The molecular formula is C22H18FNO2. The summed E-state index contributed by atoms with van der Waals surface area (Å²) >= 11 is 0. The number of aromatic nitrogens is 1. The highest BCUT2D eigenvalue weighted by Crippen LogP contribution is 2.40. The van der Waals surface area contributed by atoms with Crippen molar-refractivity contribution in [2.45, 2.75) is 19.9 Å². The van der Waals surface area contributed by atoms with Gasteiger partial charge in [0, 0.05) is 40.4 Å². The fourth-order valence-electron chi connectivity index (χ4n) is 3.19. The van der Waals surface area contributed by atoms with E-state index in [1.54, 1.807) is 22.8 Å². The molecule has 0 saturated heterocycles. The van der Waals surface area contributed by atoms with Crippen LogP contribution in [0.4, 0.5) is 4.39 Å². The molecule has 2 aromatic carbocycles. The number of nitrogens with zero attached hydrogens (tertiary/aromatic N) is 1. The Bertz CT molecular complexity index is 1140. The number of fused-ring (bicyclic) bond motifs is 1. The molecule has 0 spiro atoms. The predicted molar refractivity (Wildman–Crippen MR) is 102 cm³/mol. The Kier molecular flexibility index (Phi) is 3.96. The highest BCUT2D eigenvalue weighted by Gasteiger charge is 2.18. The molecule has 0 saturated carbocycles. The summed E-state index contributed by atoms with van der Waals surface area (Å²) in [5.41, 5.74) is 3.30. The molecule has 0 aliphatic rings. The van der Waals surface area contributed by atoms with Gasteiger partial charge in [0.25, 0.3) is 5.56 Å². The molecule has 4 rings (SSSR count). The monoisotopic (exact) mass is 347 g/mol. The number of para-hydroxylation sites is 1. The van der Waals surface area contributed by atoms with E-state index < -0.39 is 0 Å². The van der Waals surface area contributed by atoms with E-state index in [4.69, 9.17) is 4.42 Å².